The Morgan fingerprint density at radius 2 is 2.05 bits per heavy atom. The SMILES string of the molecule is COC(=O)Nc1ccc2c(c1)NC(=O)C[C@H](C)CCC[C@H](NC(=O)C=Cc1cc(Cl)ccc1-n1cnnn1)c1ncc-2[nH]1. The maximum absolute atomic E-state index is 13.2. The molecule has 0 fully saturated rings. The molecule has 13 nitrogen and oxygen atoms in total. The summed E-state index contributed by atoms with van der Waals surface area (Å²) in [7, 11) is 1.28. The lowest BCUT2D eigenvalue weighted by atomic mass is 9.98. The van der Waals surface area contributed by atoms with Crippen molar-refractivity contribution < 1.29 is 19.1 Å². The number of carbonyl (C=O) groups excluding carboxylic acids is 3. The van der Waals surface area contributed by atoms with Crippen molar-refractivity contribution in [3.8, 4) is 16.9 Å². The Morgan fingerprint density at radius 3 is 2.84 bits per heavy atom. The third-order valence-corrected chi connectivity index (χ3v) is 7.22. The minimum absolute atomic E-state index is 0.107. The van der Waals surface area contributed by atoms with Crippen LogP contribution in [-0.4, -0.2) is 55.2 Å². The van der Waals surface area contributed by atoms with Gasteiger partial charge in [-0.15, -0.1) is 5.10 Å². The van der Waals surface area contributed by atoms with Gasteiger partial charge in [0.15, 0.2) is 0 Å². The highest BCUT2D eigenvalue weighted by Crippen LogP contribution is 2.32. The van der Waals surface area contributed by atoms with Crippen molar-refractivity contribution in [1.82, 2.24) is 35.5 Å². The number of ether oxygens (including phenoxy) is 1. The molecule has 3 amide bonds. The molecular formula is C29H30ClN9O4. The Morgan fingerprint density at radius 1 is 1.19 bits per heavy atom. The molecule has 2 bridgehead atoms. The summed E-state index contributed by atoms with van der Waals surface area (Å²) in [5, 5.41) is 20.4. The monoisotopic (exact) mass is 603 g/mol. The fraction of sp³-hybridized carbons (Fsp3) is 0.276. The molecule has 4 aromatic rings. The van der Waals surface area contributed by atoms with Crippen LogP contribution in [0.3, 0.4) is 0 Å². The summed E-state index contributed by atoms with van der Waals surface area (Å²) in [5.74, 6) is 0.226. The number of tetrazole rings is 1. The zero-order valence-electron chi connectivity index (χ0n) is 23.5. The van der Waals surface area contributed by atoms with Gasteiger partial charge in [0.05, 0.1) is 36.4 Å². The van der Waals surface area contributed by atoms with Crippen LogP contribution in [0.15, 0.2) is 55.0 Å². The predicted molar refractivity (Wildman–Crippen MR) is 160 cm³/mol. The number of H-pyrrole nitrogens is 1. The average molecular weight is 604 g/mol. The van der Waals surface area contributed by atoms with Gasteiger partial charge in [-0.25, -0.2) is 9.78 Å². The van der Waals surface area contributed by atoms with Gasteiger partial charge >= 0.3 is 6.09 Å². The fourth-order valence-corrected chi connectivity index (χ4v) is 5.05. The highest BCUT2D eigenvalue weighted by Gasteiger charge is 2.21. The van der Waals surface area contributed by atoms with Gasteiger partial charge in [0.1, 0.15) is 12.2 Å². The van der Waals surface area contributed by atoms with E-state index >= 15 is 0 Å². The second-order valence-corrected chi connectivity index (χ2v) is 10.6. The third kappa shape index (κ3) is 7.43. The van der Waals surface area contributed by atoms with Crippen LogP contribution in [0.1, 0.15) is 50.0 Å². The number of nitrogens with one attached hydrogen (secondary N) is 4. The van der Waals surface area contributed by atoms with Crippen LogP contribution >= 0.6 is 11.6 Å². The van der Waals surface area contributed by atoms with E-state index in [4.69, 9.17) is 11.6 Å². The van der Waals surface area contributed by atoms with Crippen molar-refractivity contribution in [2.45, 2.75) is 38.6 Å². The number of aromatic amines is 1. The minimum Gasteiger partial charge on any atom is -0.453 e. The van der Waals surface area contributed by atoms with E-state index < -0.39 is 12.1 Å². The molecule has 0 saturated heterocycles. The van der Waals surface area contributed by atoms with Gasteiger partial charge in [0.25, 0.3) is 0 Å². The smallest absolute Gasteiger partial charge is 0.411 e. The molecule has 14 heteroatoms. The minimum atomic E-state index is -0.622. The summed E-state index contributed by atoms with van der Waals surface area (Å²) in [5.41, 5.74) is 3.61. The molecule has 0 spiro atoms. The zero-order valence-corrected chi connectivity index (χ0v) is 24.3. The van der Waals surface area contributed by atoms with Crippen molar-refractivity contribution in [2.24, 2.45) is 5.92 Å². The molecule has 0 radical (unpaired) electrons. The van der Waals surface area contributed by atoms with E-state index in [-0.39, 0.29) is 17.7 Å². The zero-order chi connectivity index (χ0) is 30.3. The van der Waals surface area contributed by atoms with E-state index in [2.05, 4.69) is 46.2 Å². The number of hydrogen-bond donors (Lipinski definition) is 4. The van der Waals surface area contributed by atoms with Gasteiger partial charge in [0, 0.05) is 34.3 Å². The second-order valence-electron chi connectivity index (χ2n) is 10.2. The van der Waals surface area contributed by atoms with E-state index in [9.17, 15) is 14.4 Å². The summed E-state index contributed by atoms with van der Waals surface area (Å²) >= 11 is 6.21. The van der Waals surface area contributed by atoms with Crippen molar-refractivity contribution >= 4 is 47.0 Å². The summed E-state index contributed by atoms with van der Waals surface area (Å²) in [6.45, 7) is 2.02. The number of imidazole rings is 1. The van der Waals surface area contributed by atoms with Gasteiger partial charge in [-0.2, -0.15) is 4.68 Å². The molecule has 0 saturated carbocycles. The predicted octanol–water partition coefficient (Wildman–Crippen LogP) is 4.90. The maximum atomic E-state index is 13.2. The van der Waals surface area contributed by atoms with Crippen LogP contribution in [0, 0.1) is 5.92 Å². The van der Waals surface area contributed by atoms with Crippen LogP contribution < -0.4 is 16.0 Å². The highest BCUT2D eigenvalue weighted by molar-refractivity contribution is 6.30. The first-order valence-corrected chi connectivity index (χ1v) is 14.0. The van der Waals surface area contributed by atoms with Crippen LogP contribution in [0.2, 0.25) is 5.02 Å². The van der Waals surface area contributed by atoms with Crippen molar-refractivity contribution in [2.75, 3.05) is 17.7 Å². The van der Waals surface area contributed by atoms with E-state index in [1.165, 1.54) is 24.2 Å². The normalized spacial score (nSPS) is 17.1. The Balaban J connectivity index is 1.41. The Hall–Kier alpha value is -5.04. The van der Waals surface area contributed by atoms with Crippen molar-refractivity contribution in [3.63, 3.8) is 0 Å². The van der Waals surface area contributed by atoms with Crippen molar-refractivity contribution in [3.05, 3.63) is 71.4 Å². The molecule has 1 aliphatic heterocycles. The summed E-state index contributed by atoms with van der Waals surface area (Å²) in [4.78, 5) is 45.7. The van der Waals surface area contributed by atoms with Gasteiger partial charge in [-0.05, 0) is 65.2 Å². The van der Waals surface area contributed by atoms with Crippen LogP contribution in [-0.2, 0) is 14.3 Å². The number of methoxy groups -OCH3 is 1. The topological polar surface area (TPSA) is 169 Å². The molecule has 0 aliphatic carbocycles. The molecule has 1 aliphatic rings. The lowest BCUT2D eigenvalue weighted by Crippen LogP contribution is -2.28. The number of anilines is 2. The lowest BCUT2D eigenvalue weighted by molar-refractivity contribution is -0.117. The van der Waals surface area contributed by atoms with Gasteiger partial charge < -0.3 is 20.4 Å². The molecule has 4 N–H and O–H groups in total. The molecule has 3 heterocycles. The summed E-state index contributed by atoms with van der Waals surface area (Å²) in [6, 6.07) is 9.93. The largest absolute Gasteiger partial charge is 0.453 e. The third-order valence-electron chi connectivity index (χ3n) is 6.98. The number of benzene rings is 2. The number of rotatable bonds is 5. The van der Waals surface area contributed by atoms with E-state index in [0.29, 0.717) is 57.6 Å². The number of carbonyl (C=O) groups is 3. The van der Waals surface area contributed by atoms with Crippen LogP contribution in [0.5, 0.6) is 0 Å². The molecule has 222 valence electrons. The molecule has 0 unspecified atom stereocenters. The molecule has 2 aromatic heterocycles. The Bertz CT molecular complexity index is 1650. The molecule has 2 atom stereocenters. The second kappa shape index (κ2) is 13.3. The number of aromatic nitrogens is 6. The number of nitrogens with zero attached hydrogens (tertiary/aromatic N) is 5. The molecule has 43 heavy (non-hydrogen) atoms. The van der Waals surface area contributed by atoms with Crippen molar-refractivity contribution in [1.29, 1.82) is 0 Å². The summed E-state index contributed by atoms with van der Waals surface area (Å²) < 4.78 is 6.18. The molecule has 5 rings (SSSR count). The van der Waals surface area contributed by atoms with Gasteiger partial charge in [0.2, 0.25) is 11.8 Å². The number of hydrogen-bond acceptors (Lipinski definition) is 8. The first-order valence-electron chi connectivity index (χ1n) is 13.6. The van der Waals surface area contributed by atoms with E-state index in [0.717, 1.165) is 12.8 Å². The quantitative estimate of drug-likeness (QED) is 0.233. The van der Waals surface area contributed by atoms with Gasteiger partial charge in [-0.3, -0.25) is 14.9 Å². The number of amides is 3. The number of fused-ring (bicyclic) bond motifs is 4. The van der Waals surface area contributed by atoms with E-state index in [1.54, 1.807) is 48.7 Å². The lowest BCUT2D eigenvalue weighted by Gasteiger charge is -2.17. The Labute approximate surface area is 252 Å². The highest BCUT2D eigenvalue weighted by atomic mass is 35.5. The van der Waals surface area contributed by atoms with E-state index in [1.807, 2.05) is 6.92 Å². The molecule has 2 aromatic carbocycles. The molecular weight excluding hydrogens is 574 g/mol. The standard InChI is InChI=1S/C29H30ClN9O4/c1-17-4-3-5-22(34-26(40)11-6-18-13-19(30)7-10-25(18)39-16-32-37-38-39)28-31-15-24(36-28)21-9-8-20(33-29(42)43-2)14-23(21)35-27(41)12-17/h6-11,13-17,22H,3-5,12H2,1-2H3,(H,31,36)(H,33,42)(H,34,40)(H,35,41)/t17-,22+/m1/s1. The van der Waals surface area contributed by atoms with Crippen LogP contribution in [0.25, 0.3) is 23.0 Å². The first kappa shape index (κ1) is 29.5. The first-order chi connectivity index (χ1) is 20.8. The van der Waals surface area contributed by atoms with Crippen LogP contribution in [0.4, 0.5) is 16.2 Å². The maximum Gasteiger partial charge on any atom is 0.411 e. The average Bonchev–Trinajstić information content (AvgIpc) is 3.68. The number of halogens is 1. The summed E-state index contributed by atoms with van der Waals surface area (Å²) in [6.07, 6.45) is 8.05. The fourth-order valence-electron chi connectivity index (χ4n) is 4.87. The van der Waals surface area contributed by atoms with Gasteiger partial charge in [-0.1, -0.05) is 31.4 Å². The Kier molecular flexibility index (Phi) is 9.11.